The number of amides is 1. The zero-order valence-corrected chi connectivity index (χ0v) is 17.2. The fourth-order valence-electron chi connectivity index (χ4n) is 3.61. The number of anilines is 2. The highest BCUT2D eigenvalue weighted by atomic mass is 19.3. The number of hydrogen-bond acceptors (Lipinski definition) is 6. The second-order valence-electron chi connectivity index (χ2n) is 7.68. The van der Waals surface area contributed by atoms with Gasteiger partial charge in [0.25, 0.3) is 0 Å². The lowest BCUT2D eigenvalue weighted by atomic mass is 9.79. The highest BCUT2D eigenvalue weighted by Crippen LogP contribution is 2.44. The third-order valence-corrected chi connectivity index (χ3v) is 5.23. The predicted molar refractivity (Wildman–Crippen MR) is 114 cm³/mol. The zero-order valence-electron chi connectivity index (χ0n) is 17.2. The van der Waals surface area contributed by atoms with Crippen LogP contribution in [0.15, 0.2) is 42.9 Å². The van der Waals surface area contributed by atoms with Gasteiger partial charge in [-0.3, -0.25) is 9.78 Å². The van der Waals surface area contributed by atoms with Crippen LogP contribution in [0.4, 0.5) is 20.3 Å². The SMILES string of the molecule is CNc1cc(-c2ccnc(-c3cc(NC(=O)CC4CC(F)(F)C4)cnc3C)n2)ccn1. The van der Waals surface area contributed by atoms with Crippen molar-refractivity contribution in [1.82, 2.24) is 19.9 Å². The molecule has 0 aromatic carbocycles. The molecule has 9 heteroatoms. The van der Waals surface area contributed by atoms with Crippen LogP contribution in [0.1, 0.15) is 25.0 Å². The molecule has 0 spiro atoms. The number of carbonyl (C=O) groups excluding carboxylic acids is 1. The van der Waals surface area contributed by atoms with Crippen molar-refractivity contribution in [3.63, 3.8) is 0 Å². The van der Waals surface area contributed by atoms with Crippen LogP contribution in [0.3, 0.4) is 0 Å². The molecule has 4 rings (SSSR count). The molecule has 3 aromatic heterocycles. The quantitative estimate of drug-likeness (QED) is 0.612. The third-order valence-electron chi connectivity index (χ3n) is 5.23. The van der Waals surface area contributed by atoms with E-state index in [0.717, 1.165) is 17.1 Å². The van der Waals surface area contributed by atoms with Gasteiger partial charge < -0.3 is 10.6 Å². The van der Waals surface area contributed by atoms with Gasteiger partial charge in [-0.15, -0.1) is 0 Å². The molecule has 3 aromatic rings. The summed E-state index contributed by atoms with van der Waals surface area (Å²) in [5.74, 6) is -2.02. The number of halogens is 2. The molecule has 2 N–H and O–H groups in total. The summed E-state index contributed by atoms with van der Waals surface area (Å²) in [5, 5.41) is 5.75. The van der Waals surface area contributed by atoms with E-state index in [2.05, 4.69) is 30.6 Å². The Hall–Kier alpha value is -3.49. The van der Waals surface area contributed by atoms with Gasteiger partial charge in [-0.2, -0.15) is 0 Å². The predicted octanol–water partition coefficient (Wildman–Crippen LogP) is 4.32. The summed E-state index contributed by atoms with van der Waals surface area (Å²) in [6, 6.07) is 7.30. The Kier molecular flexibility index (Phi) is 5.58. The first kappa shape index (κ1) is 20.8. The van der Waals surface area contributed by atoms with Crippen LogP contribution in [0.5, 0.6) is 0 Å². The van der Waals surface area contributed by atoms with Gasteiger partial charge in [-0.25, -0.2) is 23.7 Å². The molecule has 1 aliphatic rings. The monoisotopic (exact) mass is 424 g/mol. The molecule has 0 bridgehead atoms. The Bertz CT molecular complexity index is 1110. The average Bonchev–Trinajstić information content (AvgIpc) is 2.74. The van der Waals surface area contributed by atoms with Crippen LogP contribution < -0.4 is 10.6 Å². The Balaban J connectivity index is 1.54. The van der Waals surface area contributed by atoms with Crippen LogP contribution >= 0.6 is 0 Å². The van der Waals surface area contributed by atoms with E-state index < -0.39 is 5.92 Å². The average molecular weight is 424 g/mol. The van der Waals surface area contributed by atoms with Crippen molar-refractivity contribution in [2.24, 2.45) is 5.92 Å². The van der Waals surface area contributed by atoms with Gasteiger partial charge in [0.2, 0.25) is 11.8 Å². The number of alkyl halides is 2. The lowest BCUT2D eigenvalue weighted by molar-refractivity contribution is -0.129. The molecule has 31 heavy (non-hydrogen) atoms. The minimum Gasteiger partial charge on any atom is -0.373 e. The molecular weight excluding hydrogens is 402 g/mol. The largest absolute Gasteiger partial charge is 0.373 e. The normalized spacial score (nSPS) is 15.2. The summed E-state index contributed by atoms with van der Waals surface area (Å²) in [4.78, 5) is 29.8. The third kappa shape index (κ3) is 4.82. The Morgan fingerprint density at radius 3 is 2.68 bits per heavy atom. The van der Waals surface area contributed by atoms with Gasteiger partial charge in [0.05, 0.1) is 17.6 Å². The van der Waals surface area contributed by atoms with Gasteiger partial charge in [0.1, 0.15) is 5.82 Å². The highest BCUT2D eigenvalue weighted by Gasteiger charge is 2.45. The summed E-state index contributed by atoms with van der Waals surface area (Å²) >= 11 is 0. The molecule has 0 atom stereocenters. The van der Waals surface area contributed by atoms with E-state index in [4.69, 9.17) is 0 Å². The van der Waals surface area contributed by atoms with Gasteiger partial charge in [0.15, 0.2) is 5.82 Å². The second-order valence-corrected chi connectivity index (χ2v) is 7.68. The van der Waals surface area contributed by atoms with Crippen molar-refractivity contribution in [1.29, 1.82) is 0 Å². The first-order chi connectivity index (χ1) is 14.8. The molecule has 160 valence electrons. The van der Waals surface area contributed by atoms with Crippen molar-refractivity contribution in [2.75, 3.05) is 17.7 Å². The van der Waals surface area contributed by atoms with E-state index in [-0.39, 0.29) is 31.1 Å². The van der Waals surface area contributed by atoms with Crippen LogP contribution in [0, 0.1) is 12.8 Å². The molecule has 0 saturated heterocycles. The van der Waals surface area contributed by atoms with Gasteiger partial charge in [-0.1, -0.05) is 0 Å². The Morgan fingerprint density at radius 1 is 1.16 bits per heavy atom. The summed E-state index contributed by atoms with van der Waals surface area (Å²) in [6.07, 6.45) is 4.51. The summed E-state index contributed by atoms with van der Waals surface area (Å²) in [5.41, 5.74) is 3.48. The topological polar surface area (TPSA) is 92.7 Å². The highest BCUT2D eigenvalue weighted by molar-refractivity contribution is 5.91. The summed E-state index contributed by atoms with van der Waals surface area (Å²) in [7, 11) is 1.79. The number of aromatic nitrogens is 4. The molecular formula is C22H22F2N6O. The number of hydrogen-bond donors (Lipinski definition) is 2. The van der Waals surface area contributed by atoms with Crippen molar-refractivity contribution < 1.29 is 13.6 Å². The van der Waals surface area contributed by atoms with E-state index >= 15 is 0 Å². The van der Waals surface area contributed by atoms with E-state index in [1.165, 1.54) is 6.20 Å². The molecule has 3 heterocycles. The molecule has 1 amide bonds. The molecule has 0 aliphatic heterocycles. The summed E-state index contributed by atoms with van der Waals surface area (Å²) in [6.45, 7) is 1.83. The lowest BCUT2D eigenvalue weighted by Crippen LogP contribution is -2.37. The van der Waals surface area contributed by atoms with Gasteiger partial charge in [0, 0.05) is 55.5 Å². The first-order valence-electron chi connectivity index (χ1n) is 9.95. The zero-order chi connectivity index (χ0) is 22.0. The van der Waals surface area contributed by atoms with E-state index in [1.54, 1.807) is 31.6 Å². The van der Waals surface area contributed by atoms with E-state index in [1.807, 2.05) is 19.1 Å². The maximum absolute atomic E-state index is 13.0. The van der Waals surface area contributed by atoms with Crippen LogP contribution in [0.2, 0.25) is 0 Å². The molecule has 1 saturated carbocycles. The van der Waals surface area contributed by atoms with Crippen molar-refractivity contribution in [3.05, 3.63) is 48.5 Å². The Morgan fingerprint density at radius 2 is 1.94 bits per heavy atom. The van der Waals surface area contributed by atoms with Crippen molar-refractivity contribution >= 4 is 17.4 Å². The van der Waals surface area contributed by atoms with Crippen molar-refractivity contribution in [2.45, 2.75) is 32.1 Å². The second kappa shape index (κ2) is 8.33. The minimum absolute atomic E-state index is 0.0701. The fraction of sp³-hybridized carbons (Fsp3) is 0.318. The molecule has 7 nitrogen and oxygen atoms in total. The first-order valence-corrected chi connectivity index (χ1v) is 9.95. The van der Waals surface area contributed by atoms with Crippen LogP contribution in [-0.4, -0.2) is 38.8 Å². The standard InChI is InChI=1S/C22H22F2N6O/c1-13-17(9-16(12-28-13)29-20(31)7-14-10-22(23,24)11-14)21-27-6-4-18(30-21)15-3-5-26-19(8-15)25-2/h3-6,8-9,12,14H,7,10-11H2,1-2H3,(H,25,26)(H,29,31). The van der Waals surface area contributed by atoms with E-state index in [0.29, 0.717) is 22.8 Å². The molecule has 0 unspecified atom stereocenters. The summed E-state index contributed by atoms with van der Waals surface area (Å²) < 4.78 is 26.0. The lowest BCUT2D eigenvalue weighted by Gasteiger charge is -2.34. The maximum atomic E-state index is 13.0. The molecule has 0 radical (unpaired) electrons. The number of pyridine rings is 2. The number of rotatable bonds is 6. The minimum atomic E-state index is -2.63. The van der Waals surface area contributed by atoms with Crippen molar-refractivity contribution in [3.8, 4) is 22.6 Å². The number of nitrogens with one attached hydrogen (secondary N) is 2. The Labute approximate surface area is 178 Å². The van der Waals surface area contributed by atoms with Crippen LogP contribution in [-0.2, 0) is 4.79 Å². The number of aryl methyl sites for hydroxylation is 1. The van der Waals surface area contributed by atoms with E-state index in [9.17, 15) is 13.6 Å². The maximum Gasteiger partial charge on any atom is 0.248 e. The number of nitrogens with zero attached hydrogens (tertiary/aromatic N) is 4. The molecule has 1 fully saturated rings. The van der Waals surface area contributed by atoms with Gasteiger partial charge in [-0.05, 0) is 37.1 Å². The van der Waals surface area contributed by atoms with Crippen LogP contribution in [0.25, 0.3) is 22.6 Å². The molecule has 1 aliphatic carbocycles. The number of carbonyl (C=O) groups is 1. The fourth-order valence-corrected chi connectivity index (χ4v) is 3.61. The smallest absolute Gasteiger partial charge is 0.248 e. The van der Waals surface area contributed by atoms with Gasteiger partial charge >= 0.3 is 0 Å².